The maximum absolute atomic E-state index is 13.2. The molecule has 0 fully saturated rings. The van der Waals surface area contributed by atoms with Crippen LogP contribution in [0.15, 0.2) is 91.0 Å². The molecular formula is C31H32N2O4. The van der Waals surface area contributed by atoms with Crippen LogP contribution in [0.2, 0.25) is 0 Å². The summed E-state index contributed by atoms with van der Waals surface area (Å²) < 4.78 is 10.6. The van der Waals surface area contributed by atoms with E-state index in [1.54, 1.807) is 0 Å². The van der Waals surface area contributed by atoms with Gasteiger partial charge in [-0.1, -0.05) is 79.2 Å². The Morgan fingerprint density at radius 3 is 2.22 bits per heavy atom. The van der Waals surface area contributed by atoms with E-state index in [-0.39, 0.29) is 11.9 Å². The number of nitrogens with one attached hydrogen (secondary N) is 2. The minimum atomic E-state index is -0.204. The Morgan fingerprint density at radius 1 is 0.811 bits per heavy atom. The van der Waals surface area contributed by atoms with Gasteiger partial charge in [0.1, 0.15) is 18.1 Å². The predicted molar refractivity (Wildman–Crippen MR) is 145 cm³/mol. The van der Waals surface area contributed by atoms with Crippen LogP contribution in [0.1, 0.15) is 41.7 Å². The second-order valence-corrected chi connectivity index (χ2v) is 8.78. The van der Waals surface area contributed by atoms with E-state index in [1.807, 2.05) is 91.0 Å². The second kappa shape index (κ2) is 13.1. The molecule has 4 aromatic rings. The van der Waals surface area contributed by atoms with Crippen LogP contribution in [0.3, 0.4) is 0 Å². The topological polar surface area (TPSA) is 80.4 Å². The quantitative estimate of drug-likeness (QED) is 0.176. The Hall–Kier alpha value is -4.32. The van der Waals surface area contributed by atoms with E-state index in [9.17, 15) is 9.59 Å². The number of rotatable bonds is 12. The van der Waals surface area contributed by atoms with Gasteiger partial charge in [0, 0.05) is 24.2 Å². The predicted octanol–water partition coefficient (Wildman–Crippen LogP) is 6.39. The van der Waals surface area contributed by atoms with Gasteiger partial charge in [-0.25, -0.2) is 0 Å². The molecule has 0 atom stereocenters. The Kier molecular flexibility index (Phi) is 9.13. The molecule has 37 heavy (non-hydrogen) atoms. The Bertz CT molecular complexity index is 1280. The SMILES string of the molecule is COC(=O)CCCCCNC(=O)c1[nH]c(-c2ccccc2)cc1-c1ccc(OCc2ccccc2)cc1. The molecule has 1 heterocycles. The second-order valence-electron chi connectivity index (χ2n) is 8.78. The van der Waals surface area contributed by atoms with Crippen LogP contribution in [0, 0.1) is 0 Å². The standard InChI is InChI=1S/C31H32N2O4/c1-36-29(34)15-9-4-10-20-32-31(35)30-27(21-28(33-30)25-13-7-3-8-14-25)24-16-18-26(19-17-24)37-22-23-11-5-2-6-12-23/h2-3,5-8,11-14,16-19,21,33H,4,9-10,15,20,22H2,1H3,(H,32,35). The van der Waals surface area contributed by atoms with Crippen molar-refractivity contribution in [1.82, 2.24) is 10.3 Å². The first-order valence-corrected chi connectivity index (χ1v) is 12.5. The van der Waals surface area contributed by atoms with Gasteiger partial charge in [-0.2, -0.15) is 0 Å². The summed E-state index contributed by atoms with van der Waals surface area (Å²) in [6.07, 6.45) is 2.77. The molecular weight excluding hydrogens is 464 g/mol. The number of carbonyl (C=O) groups excluding carboxylic acids is 2. The van der Waals surface area contributed by atoms with Gasteiger partial charge in [0.05, 0.1) is 7.11 Å². The summed E-state index contributed by atoms with van der Waals surface area (Å²) in [6, 6.07) is 29.8. The average Bonchev–Trinajstić information content (AvgIpc) is 3.40. The van der Waals surface area contributed by atoms with Crippen LogP contribution in [0.5, 0.6) is 5.75 Å². The van der Waals surface area contributed by atoms with Crippen molar-refractivity contribution in [2.45, 2.75) is 32.3 Å². The van der Waals surface area contributed by atoms with Crippen molar-refractivity contribution < 1.29 is 19.1 Å². The van der Waals surface area contributed by atoms with Crippen molar-refractivity contribution >= 4 is 11.9 Å². The molecule has 190 valence electrons. The highest BCUT2D eigenvalue weighted by molar-refractivity contribution is 6.00. The van der Waals surface area contributed by atoms with Gasteiger partial charge in [0.15, 0.2) is 0 Å². The summed E-state index contributed by atoms with van der Waals surface area (Å²) in [7, 11) is 1.39. The third kappa shape index (κ3) is 7.34. The highest BCUT2D eigenvalue weighted by Gasteiger charge is 2.18. The summed E-state index contributed by atoms with van der Waals surface area (Å²) in [5, 5.41) is 3.01. The van der Waals surface area contributed by atoms with Gasteiger partial charge in [0.25, 0.3) is 5.91 Å². The summed E-state index contributed by atoms with van der Waals surface area (Å²) in [6.45, 7) is 1.03. The molecule has 0 saturated carbocycles. The average molecular weight is 497 g/mol. The molecule has 0 unspecified atom stereocenters. The van der Waals surface area contributed by atoms with Gasteiger partial charge in [-0.3, -0.25) is 9.59 Å². The number of unbranched alkanes of at least 4 members (excludes halogenated alkanes) is 2. The third-order valence-corrected chi connectivity index (χ3v) is 6.11. The molecule has 4 rings (SSSR count). The van der Waals surface area contributed by atoms with Gasteiger partial charge in [0.2, 0.25) is 0 Å². The monoisotopic (exact) mass is 496 g/mol. The minimum Gasteiger partial charge on any atom is -0.489 e. The van der Waals surface area contributed by atoms with Crippen molar-refractivity contribution in [2.24, 2.45) is 0 Å². The lowest BCUT2D eigenvalue weighted by atomic mass is 10.0. The maximum atomic E-state index is 13.2. The number of aromatic amines is 1. The van der Waals surface area contributed by atoms with Crippen molar-refractivity contribution in [2.75, 3.05) is 13.7 Å². The number of hydrogen-bond acceptors (Lipinski definition) is 4. The number of aromatic nitrogens is 1. The first-order chi connectivity index (χ1) is 18.1. The molecule has 1 aromatic heterocycles. The molecule has 0 aliphatic heterocycles. The van der Waals surface area contributed by atoms with Gasteiger partial charge in [-0.15, -0.1) is 0 Å². The van der Waals surface area contributed by atoms with Crippen LogP contribution in [0.25, 0.3) is 22.4 Å². The molecule has 0 radical (unpaired) electrons. The molecule has 6 nitrogen and oxygen atoms in total. The fourth-order valence-electron chi connectivity index (χ4n) is 4.07. The van der Waals surface area contributed by atoms with Crippen LogP contribution < -0.4 is 10.1 Å². The number of esters is 1. The molecule has 0 bridgehead atoms. The maximum Gasteiger partial charge on any atom is 0.305 e. The molecule has 0 spiro atoms. The number of amides is 1. The van der Waals surface area contributed by atoms with E-state index < -0.39 is 0 Å². The lowest BCUT2D eigenvalue weighted by molar-refractivity contribution is -0.140. The Labute approximate surface area is 217 Å². The van der Waals surface area contributed by atoms with E-state index in [0.29, 0.717) is 25.3 Å². The largest absolute Gasteiger partial charge is 0.489 e. The summed E-state index contributed by atoms with van der Waals surface area (Å²) in [4.78, 5) is 27.7. The van der Waals surface area contributed by atoms with Crippen molar-refractivity contribution in [3.05, 3.63) is 102 Å². The number of benzene rings is 3. The van der Waals surface area contributed by atoms with Crippen LogP contribution >= 0.6 is 0 Å². The van der Waals surface area contributed by atoms with E-state index in [1.165, 1.54) is 7.11 Å². The van der Waals surface area contributed by atoms with Crippen molar-refractivity contribution in [3.63, 3.8) is 0 Å². The number of H-pyrrole nitrogens is 1. The van der Waals surface area contributed by atoms with Gasteiger partial charge in [-0.05, 0) is 47.7 Å². The zero-order chi connectivity index (χ0) is 25.9. The summed E-state index contributed by atoms with van der Waals surface area (Å²) >= 11 is 0. The zero-order valence-electron chi connectivity index (χ0n) is 21.0. The molecule has 0 saturated heterocycles. The fraction of sp³-hybridized carbons (Fsp3) is 0.226. The molecule has 3 aromatic carbocycles. The minimum absolute atomic E-state index is 0.158. The van der Waals surface area contributed by atoms with E-state index in [2.05, 4.69) is 15.0 Å². The first kappa shape index (κ1) is 25.8. The lowest BCUT2D eigenvalue weighted by Gasteiger charge is -2.09. The lowest BCUT2D eigenvalue weighted by Crippen LogP contribution is -2.25. The van der Waals surface area contributed by atoms with E-state index in [0.717, 1.165) is 53.0 Å². The molecule has 1 amide bonds. The van der Waals surface area contributed by atoms with E-state index in [4.69, 9.17) is 4.74 Å². The van der Waals surface area contributed by atoms with E-state index >= 15 is 0 Å². The van der Waals surface area contributed by atoms with Gasteiger partial charge >= 0.3 is 5.97 Å². The number of ether oxygens (including phenoxy) is 2. The Morgan fingerprint density at radius 2 is 1.51 bits per heavy atom. The smallest absolute Gasteiger partial charge is 0.305 e. The normalized spacial score (nSPS) is 10.6. The van der Waals surface area contributed by atoms with Crippen molar-refractivity contribution in [3.8, 4) is 28.1 Å². The van der Waals surface area contributed by atoms with Gasteiger partial charge < -0.3 is 19.8 Å². The third-order valence-electron chi connectivity index (χ3n) is 6.11. The molecule has 0 aliphatic rings. The van der Waals surface area contributed by atoms with Crippen molar-refractivity contribution in [1.29, 1.82) is 0 Å². The number of hydrogen-bond donors (Lipinski definition) is 2. The molecule has 0 aliphatic carbocycles. The van der Waals surface area contributed by atoms with Crippen LogP contribution in [-0.2, 0) is 16.1 Å². The first-order valence-electron chi connectivity index (χ1n) is 12.5. The van der Waals surface area contributed by atoms with Crippen LogP contribution in [-0.4, -0.2) is 30.5 Å². The molecule has 2 N–H and O–H groups in total. The van der Waals surface area contributed by atoms with Crippen LogP contribution in [0.4, 0.5) is 0 Å². The zero-order valence-corrected chi connectivity index (χ0v) is 21.0. The molecule has 6 heteroatoms. The fourth-order valence-corrected chi connectivity index (χ4v) is 4.07. The number of methoxy groups -OCH3 is 1. The highest BCUT2D eigenvalue weighted by atomic mass is 16.5. The Balaban J connectivity index is 1.45. The number of carbonyl (C=O) groups is 2. The highest BCUT2D eigenvalue weighted by Crippen LogP contribution is 2.31. The summed E-state index contributed by atoms with van der Waals surface area (Å²) in [5.41, 5.74) is 5.27. The summed E-state index contributed by atoms with van der Waals surface area (Å²) in [5.74, 6) is 0.406.